The summed E-state index contributed by atoms with van der Waals surface area (Å²) in [6.45, 7) is 8.76. The first-order valence-electron chi connectivity index (χ1n) is 15.6. The number of rotatable bonds is 3. The monoisotopic (exact) mass is 599 g/mol. The summed E-state index contributed by atoms with van der Waals surface area (Å²) in [6.07, 6.45) is 1.75. The number of para-hydroxylation sites is 1. The van der Waals surface area contributed by atoms with E-state index in [2.05, 4.69) is 93.3 Å². The maximum atomic E-state index is 13.5. The third kappa shape index (κ3) is 3.99. The Morgan fingerprint density at radius 1 is 0.674 bits per heavy atom. The Balaban J connectivity index is 1.27. The maximum Gasteiger partial charge on any atom is 0.197 e. The van der Waals surface area contributed by atoms with Gasteiger partial charge in [0, 0.05) is 22.2 Å². The van der Waals surface area contributed by atoms with Gasteiger partial charge in [0.1, 0.15) is 5.75 Å². The highest BCUT2D eigenvalue weighted by Crippen LogP contribution is 2.54. The summed E-state index contributed by atoms with van der Waals surface area (Å²) in [5.41, 5.74) is 9.78. The number of nitrogens with zero attached hydrogens (tertiary/aromatic N) is 1. The molecule has 0 radical (unpaired) electrons. The Morgan fingerprint density at radius 2 is 1.30 bits per heavy atom. The van der Waals surface area contributed by atoms with Crippen molar-refractivity contribution in [1.82, 2.24) is 0 Å². The molecule has 224 valence electrons. The highest BCUT2D eigenvalue weighted by molar-refractivity contribution is 6.42. The molecule has 0 saturated carbocycles. The Bertz CT molecular complexity index is 2260. The second kappa shape index (κ2) is 10.0. The van der Waals surface area contributed by atoms with Gasteiger partial charge in [0.15, 0.2) is 11.6 Å². The van der Waals surface area contributed by atoms with Crippen molar-refractivity contribution in [2.75, 3.05) is 12.0 Å². The van der Waals surface area contributed by atoms with Crippen molar-refractivity contribution in [3.63, 3.8) is 0 Å². The maximum absolute atomic E-state index is 13.5. The number of allylic oxidation sites excluding steroid dienone is 1. The van der Waals surface area contributed by atoms with E-state index in [4.69, 9.17) is 4.74 Å². The molecule has 2 aliphatic rings. The minimum absolute atomic E-state index is 0.213. The molecule has 1 heterocycles. The molecule has 1 aliphatic carbocycles. The fourth-order valence-electron chi connectivity index (χ4n) is 7.70. The Hall–Kier alpha value is -5.48. The van der Waals surface area contributed by atoms with Gasteiger partial charge in [-0.15, -0.1) is 0 Å². The topological polar surface area (TPSA) is 46.6 Å². The number of hydrogen-bond acceptors (Lipinski definition) is 4. The molecule has 4 heteroatoms. The Morgan fingerprint density at radius 3 is 1.96 bits per heavy atom. The number of aryl methyl sites for hydroxylation is 2. The summed E-state index contributed by atoms with van der Waals surface area (Å²) >= 11 is 0. The van der Waals surface area contributed by atoms with Gasteiger partial charge in [-0.05, 0) is 112 Å². The zero-order valence-electron chi connectivity index (χ0n) is 26.6. The highest BCUT2D eigenvalue weighted by atomic mass is 16.5. The van der Waals surface area contributed by atoms with E-state index < -0.39 is 0 Å². The molecule has 0 saturated heterocycles. The van der Waals surface area contributed by atoms with Crippen LogP contribution in [0.4, 0.5) is 17.1 Å². The minimum atomic E-state index is -0.278. The molecular weight excluding hydrogens is 566 g/mol. The summed E-state index contributed by atoms with van der Waals surface area (Å²) in [4.78, 5) is 29.3. The zero-order chi connectivity index (χ0) is 31.9. The number of carbonyl (C=O) groups excluding carboxylic acids is 2. The van der Waals surface area contributed by atoms with E-state index in [1.54, 1.807) is 13.2 Å². The SMILES string of the molecule is COc1c(C)cc(N2c3ccccc3C(C)(C)c3c2ccc2cc(C=C4C(=O)c5cc6ccccc6cc5C4=O)ccc32)cc1C. The predicted octanol–water partition coefficient (Wildman–Crippen LogP) is 10.2. The lowest BCUT2D eigenvalue weighted by atomic mass is 9.71. The molecule has 0 N–H and O–H groups in total. The fourth-order valence-corrected chi connectivity index (χ4v) is 7.70. The minimum Gasteiger partial charge on any atom is -0.496 e. The third-order valence-electron chi connectivity index (χ3n) is 9.79. The van der Waals surface area contributed by atoms with Gasteiger partial charge in [-0.25, -0.2) is 0 Å². The Kier molecular flexibility index (Phi) is 6.10. The number of benzene rings is 6. The van der Waals surface area contributed by atoms with Gasteiger partial charge < -0.3 is 9.64 Å². The fraction of sp³-hybridized carbons (Fsp3) is 0.143. The van der Waals surface area contributed by atoms with Gasteiger partial charge >= 0.3 is 0 Å². The van der Waals surface area contributed by atoms with Crippen molar-refractivity contribution in [3.8, 4) is 5.75 Å². The van der Waals surface area contributed by atoms with Crippen LogP contribution < -0.4 is 9.64 Å². The van der Waals surface area contributed by atoms with E-state index in [-0.39, 0.29) is 22.6 Å². The van der Waals surface area contributed by atoms with Gasteiger partial charge in [-0.1, -0.05) is 74.5 Å². The largest absolute Gasteiger partial charge is 0.496 e. The number of carbonyl (C=O) groups is 2. The molecule has 0 aromatic heterocycles. The first-order valence-corrected chi connectivity index (χ1v) is 15.6. The third-order valence-corrected chi connectivity index (χ3v) is 9.79. The molecular formula is C42H33NO3. The summed E-state index contributed by atoms with van der Waals surface area (Å²) in [5, 5.41) is 4.11. The van der Waals surface area contributed by atoms with Crippen LogP contribution in [0, 0.1) is 13.8 Å². The number of Topliss-reactive ketones (excluding diaryl/α,β-unsaturated/α-hetero) is 2. The summed E-state index contributed by atoms with van der Waals surface area (Å²) in [6, 6.07) is 35.1. The zero-order valence-corrected chi connectivity index (χ0v) is 26.6. The first kappa shape index (κ1) is 28.0. The number of anilines is 3. The van der Waals surface area contributed by atoms with Gasteiger partial charge in [-0.3, -0.25) is 9.59 Å². The quantitative estimate of drug-likeness (QED) is 0.150. The number of fused-ring (bicyclic) bond motifs is 6. The lowest BCUT2D eigenvalue weighted by molar-refractivity contribution is 0.0990. The van der Waals surface area contributed by atoms with Crippen LogP contribution in [-0.4, -0.2) is 18.7 Å². The van der Waals surface area contributed by atoms with Crippen LogP contribution in [0.3, 0.4) is 0 Å². The number of methoxy groups -OCH3 is 1. The molecule has 46 heavy (non-hydrogen) atoms. The van der Waals surface area contributed by atoms with Crippen LogP contribution in [0.1, 0.15) is 62.4 Å². The molecule has 0 atom stereocenters. The van der Waals surface area contributed by atoms with Crippen LogP contribution in [0.15, 0.2) is 109 Å². The van der Waals surface area contributed by atoms with Crippen molar-refractivity contribution in [2.24, 2.45) is 0 Å². The Labute approximate surface area is 268 Å². The summed E-state index contributed by atoms with van der Waals surface area (Å²) < 4.78 is 5.69. The van der Waals surface area contributed by atoms with E-state index in [9.17, 15) is 9.59 Å². The van der Waals surface area contributed by atoms with Crippen molar-refractivity contribution in [1.29, 1.82) is 0 Å². The van der Waals surface area contributed by atoms with Gasteiger partial charge in [0.25, 0.3) is 0 Å². The normalized spacial score (nSPS) is 14.8. The molecule has 6 aromatic carbocycles. The number of ether oxygens (including phenoxy) is 1. The second-order valence-electron chi connectivity index (χ2n) is 13.0. The molecule has 1 aliphatic heterocycles. The smallest absolute Gasteiger partial charge is 0.197 e. The molecule has 0 amide bonds. The predicted molar refractivity (Wildman–Crippen MR) is 187 cm³/mol. The number of ketones is 2. The molecule has 4 nitrogen and oxygen atoms in total. The summed E-state index contributed by atoms with van der Waals surface area (Å²) in [7, 11) is 1.72. The van der Waals surface area contributed by atoms with Crippen molar-refractivity contribution in [2.45, 2.75) is 33.1 Å². The van der Waals surface area contributed by atoms with Crippen molar-refractivity contribution >= 4 is 56.2 Å². The van der Waals surface area contributed by atoms with E-state index in [0.717, 1.165) is 61.0 Å². The molecule has 8 rings (SSSR count). The molecule has 0 bridgehead atoms. The number of hydrogen-bond donors (Lipinski definition) is 0. The molecule has 0 fully saturated rings. The van der Waals surface area contributed by atoms with Crippen LogP contribution in [0.25, 0.3) is 27.6 Å². The second-order valence-corrected chi connectivity index (χ2v) is 13.0. The molecule has 6 aromatic rings. The molecule has 0 unspecified atom stereocenters. The lowest BCUT2D eigenvalue weighted by Crippen LogP contribution is -2.31. The van der Waals surface area contributed by atoms with Crippen LogP contribution in [-0.2, 0) is 5.41 Å². The standard InChI is InChI=1S/C42H33NO3/c1-24-18-30(19-25(2)41(24)46-5)43-36-13-9-8-12-35(36)42(3,4)38-31-16-14-26(20-29(31)15-17-37(38)43)21-34-39(44)32-22-27-10-6-7-11-28(27)23-33(32)40(34)45/h6-23H,1-5H3. The molecule has 0 spiro atoms. The van der Waals surface area contributed by atoms with Crippen LogP contribution in [0.2, 0.25) is 0 Å². The van der Waals surface area contributed by atoms with Crippen molar-refractivity contribution < 1.29 is 14.3 Å². The van der Waals surface area contributed by atoms with Gasteiger partial charge in [0.2, 0.25) is 0 Å². The van der Waals surface area contributed by atoms with Gasteiger partial charge in [0.05, 0.1) is 24.1 Å². The van der Waals surface area contributed by atoms with E-state index in [0.29, 0.717) is 11.1 Å². The average Bonchev–Trinajstić information content (AvgIpc) is 3.27. The highest BCUT2D eigenvalue weighted by Gasteiger charge is 2.38. The summed E-state index contributed by atoms with van der Waals surface area (Å²) in [5.74, 6) is 0.481. The van der Waals surface area contributed by atoms with E-state index in [1.165, 1.54) is 11.1 Å². The first-order chi connectivity index (χ1) is 22.2. The average molecular weight is 600 g/mol. The van der Waals surface area contributed by atoms with E-state index >= 15 is 0 Å². The van der Waals surface area contributed by atoms with Crippen molar-refractivity contribution in [3.05, 3.63) is 148 Å². The van der Waals surface area contributed by atoms with Crippen LogP contribution in [0.5, 0.6) is 5.75 Å². The van der Waals surface area contributed by atoms with Gasteiger partial charge in [-0.2, -0.15) is 0 Å². The van der Waals surface area contributed by atoms with E-state index in [1.807, 2.05) is 42.5 Å². The lowest BCUT2D eigenvalue weighted by Gasteiger charge is -2.43. The van der Waals surface area contributed by atoms with Crippen LogP contribution >= 0.6 is 0 Å².